The summed E-state index contributed by atoms with van der Waals surface area (Å²) in [5, 5.41) is 8.08. The van der Waals surface area contributed by atoms with Gasteiger partial charge in [-0.05, 0) is 36.8 Å². The highest BCUT2D eigenvalue weighted by molar-refractivity contribution is 8.00. The number of amides is 2. The molecule has 26 heavy (non-hydrogen) atoms. The van der Waals surface area contributed by atoms with Gasteiger partial charge in [-0.3, -0.25) is 9.59 Å². The number of para-hydroxylation sites is 1. The van der Waals surface area contributed by atoms with Gasteiger partial charge < -0.3 is 11.1 Å². The van der Waals surface area contributed by atoms with Crippen molar-refractivity contribution in [3.05, 3.63) is 54.6 Å². The van der Waals surface area contributed by atoms with Crippen LogP contribution in [-0.2, 0) is 9.59 Å². The molecular formula is C19H20N4O2S. The number of hydrogen-bond acceptors (Lipinski definition) is 5. The van der Waals surface area contributed by atoms with E-state index < -0.39 is 0 Å². The molecule has 134 valence electrons. The molecule has 2 aromatic carbocycles. The van der Waals surface area contributed by atoms with Crippen molar-refractivity contribution in [1.29, 1.82) is 0 Å². The van der Waals surface area contributed by atoms with E-state index >= 15 is 0 Å². The van der Waals surface area contributed by atoms with Gasteiger partial charge in [-0.15, -0.1) is 11.8 Å². The lowest BCUT2D eigenvalue weighted by molar-refractivity contribution is -0.119. The lowest BCUT2D eigenvalue weighted by atomic mass is 10.3. The fourth-order valence-corrected chi connectivity index (χ4v) is 3.59. The maximum absolute atomic E-state index is 12.6. The molecule has 3 rings (SSSR count). The van der Waals surface area contributed by atoms with Crippen LogP contribution < -0.4 is 16.1 Å². The van der Waals surface area contributed by atoms with E-state index in [-0.39, 0.29) is 23.5 Å². The van der Waals surface area contributed by atoms with Crippen molar-refractivity contribution in [1.82, 2.24) is 5.32 Å². The van der Waals surface area contributed by atoms with Crippen LogP contribution in [0.15, 0.2) is 64.6 Å². The molecule has 0 saturated heterocycles. The summed E-state index contributed by atoms with van der Waals surface area (Å²) in [5.41, 5.74) is 7.14. The van der Waals surface area contributed by atoms with Gasteiger partial charge in [0.25, 0.3) is 5.91 Å². The second-order valence-electron chi connectivity index (χ2n) is 5.84. The molecule has 1 heterocycles. The number of nitrogens with two attached hydrogens (primary N) is 1. The fourth-order valence-electron chi connectivity index (χ4n) is 2.57. The van der Waals surface area contributed by atoms with E-state index in [1.807, 2.05) is 49.4 Å². The Hall–Kier alpha value is -2.80. The van der Waals surface area contributed by atoms with Crippen LogP contribution in [0.2, 0.25) is 0 Å². The number of rotatable bonds is 5. The van der Waals surface area contributed by atoms with Crippen molar-refractivity contribution in [3.63, 3.8) is 0 Å². The number of benzene rings is 2. The Morgan fingerprint density at radius 1 is 1.27 bits per heavy atom. The number of nitrogen functional groups attached to an aromatic ring is 1. The standard InChI is InChI=1S/C19H20N4O2S/c1-2-16(26-15-10-6-7-13(20)11-15)19(25)21-17-12-18(24)23(22-17)14-8-4-3-5-9-14/h3-11,16H,2,12,20H2,1H3,(H,21,22,25). The van der Waals surface area contributed by atoms with E-state index in [9.17, 15) is 9.59 Å². The lowest BCUT2D eigenvalue weighted by Gasteiger charge is -2.14. The molecular weight excluding hydrogens is 348 g/mol. The summed E-state index contributed by atoms with van der Waals surface area (Å²) in [5.74, 6) is 0.0416. The zero-order valence-corrected chi connectivity index (χ0v) is 15.2. The highest BCUT2D eigenvalue weighted by atomic mass is 32.2. The van der Waals surface area contributed by atoms with Crippen molar-refractivity contribution >= 4 is 40.8 Å². The first-order valence-electron chi connectivity index (χ1n) is 8.35. The zero-order valence-electron chi connectivity index (χ0n) is 14.4. The minimum absolute atomic E-state index is 0.0834. The number of hydrogen-bond donors (Lipinski definition) is 2. The highest BCUT2D eigenvalue weighted by Crippen LogP contribution is 2.27. The first-order chi connectivity index (χ1) is 12.6. The number of anilines is 2. The summed E-state index contributed by atoms with van der Waals surface area (Å²) in [6, 6.07) is 16.6. The molecule has 2 aromatic rings. The number of amidine groups is 1. The predicted octanol–water partition coefficient (Wildman–Crippen LogP) is 3.01. The van der Waals surface area contributed by atoms with Gasteiger partial charge in [-0.2, -0.15) is 10.1 Å². The van der Waals surface area contributed by atoms with Crippen molar-refractivity contribution in [3.8, 4) is 0 Å². The average molecular weight is 368 g/mol. The van der Waals surface area contributed by atoms with Crippen molar-refractivity contribution < 1.29 is 9.59 Å². The molecule has 7 heteroatoms. The van der Waals surface area contributed by atoms with Gasteiger partial charge in [-0.1, -0.05) is 31.2 Å². The largest absolute Gasteiger partial charge is 0.399 e. The molecule has 0 saturated carbocycles. The maximum Gasteiger partial charge on any atom is 0.255 e. The summed E-state index contributed by atoms with van der Waals surface area (Å²) in [7, 11) is 0. The van der Waals surface area contributed by atoms with E-state index in [1.54, 1.807) is 12.1 Å². The monoisotopic (exact) mass is 368 g/mol. The molecule has 1 atom stereocenters. The number of nitrogens with zero attached hydrogens (tertiary/aromatic N) is 2. The van der Waals surface area contributed by atoms with Crippen LogP contribution >= 0.6 is 11.8 Å². The minimum Gasteiger partial charge on any atom is -0.399 e. The van der Waals surface area contributed by atoms with Gasteiger partial charge in [-0.25, -0.2) is 0 Å². The third kappa shape index (κ3) is 4.23. The molecule has 0 fully saturated rings. The summed E-state index contributed by atoms with van der Waals surface area (Å²) < 4.78 is 0. The summed E-state index contributed by atoms with van der Waals surface area (Å²) in [4.78, 5) is 25.7. The predicted molar refractivity (Wildman–Crippen MR) is 105 cm³/mol. The van der Waals surface area contributed by atoms with E-state index in [0.717, 1.165) is 4.90 Å². The van der Waals surface area contributed by atoms with Gasteiger partial charge >= 0.3 is 0 Å². The van der Waals surface area contributed by atoms with Crippen molar-refractivity contribution in [2.24, 2.45) is 5.10 Å². The Labute approximate surface area is 156 Å². The molecule has 0 radical (unpaired) electrons. The van der Waals surface area contributed by atoms with E-state index in [4.69, 9.17) is 5.73 Å². The second-order valence-corrected chi connectivity index (χ2v) is 7.12. The van der Waals surface area contributed by atoms with Crippen molar-refractivity contribution in [2.45, 2.75) is 29.9 Å². The van der Waals surface area contributed by atoms with Crippen LogP contribution in [0, 0.1) is 0 Å². The Morgan fingerprint density at radius 3 is 2.73 bits per heavy atom. The molecule has 0 spiro atoms. The molecule has 3 N–H and O–H groups in total. The Morgan fingerprint density at radius 2 is 2.04 bits per heavy atom. The van der Waals surface area contributed by atoms with E-state index in [2.05, 4.69) is 10.4 Å². The molecule has 0 bridgehead atoms. The Kier molecular flexibility index (Phi) is 5.58. The first-order valence-corrected chi connectivity index (χ1v) is 9.23. The molecule has 6 nitrogen and oxygen atoms in total. The number of carbonyl (C=O) groups is 2. The molecule has 0 aromatic heterocycles. The number of hydrazone groups is 1. The normalized spacial score (nSPS) is 14.9. The van der Waals surface area contributed by atoms with Gasteiger partial charge in [0.15, 0.2) is 0 Å². The summed E-state index contributed by atoms with van der Waals surface area (Å²) in [6.45, 7) is 1.95. The first kappa shape index (κ1) is 18.0. The topological polar surface area (TPSA) is 87.8 Å². The quantitative estimate of drug-likeness (QED) is 0.627. The number of carbonyl (C=O) groups excluding carboxylic acids is 2. The van der Waals surface area contributed by atoms with E-state index in [1.165, 1.54) is 16.8 Å². The minimum atomic E-state index is -0.291. The zero-order chi connectivity index (χ0) is 18.5. The van der Waals surface area contributed by atoms with Gasteiger partial charge in [0.05, 0.1) is 17.4 Å². The highest BCUT2D eigenvalue weighted by Gasteiger charge is 2.28. The van der Waals surface area contributed by atoms with Crippen molar-refractivity contribution in [2.75, 3.05) is 10.7 Å². The van der Waals surface area contributed by atoms with E-state index in [0.29, 0.717) is 23.6 Å². The van der Waals surface area contributed by atoms with Crippen LogP contribution in [0.1, 0.15) is 19.8 Å². The summed E-state index contributed by atoms with van der Waals surface area (Å²) >= 11 is 1.45. The molecule has 0 aliphatic carbocycles. The summed E-state index contributed by atoms with van der Waals surface area (Å²) in [6.07, 6.45) is 0.731. The van der Waals surface area contributed by atoms with Crippen LogP contribution in [0.4, 0.5) is 11.4 Å². The molecule has 2 amide bonds. The maximum atomic E-state index is 12.6. The van der Waals surface area contributed by atoms with Crippen LogP contribution in [0.5, 0.6) is 0 Å². The third-order valence-corrected chi connectivity index (χ3v) is 5.20. The number of thioether (sulfide) groups is 1. The molecule has 1 unspecified atom stereocenters. The third-order valence-electron chi connectivity index (χ3n) is 3.84. The molecule has 1 aliphatic heterocycles. The van der Waals surface area contributed by atoms with Gasteiger partial charge in [0.2, 0.25) is 5.91 Å². The Balaban J connectivity index is 1.67. The Bertz CT molecular complexity index is 838. The smallest absolute Gasteiger partial charge is 0.255 e. The number of nitrogens with one attached hydrogen (secondary N) is 1. The molecule has 1 aliphatic rings. The van der Waals surface area contributed by atoms with Crippen LogP contribution in [0.3, 0.4) is 0 Å². The second kappa shape index (κ2) is 8.05. The van der Waals surface area contributed by atoms with Crippen LogP contribution in [-0.4, -0.2) is 22.9 Å². The fraction of sp³-hybridized carbons (Fsp3) is 0.211. The lowest BCUT2D eigenvalue weighted by Crippen LogP contribution is -2.36. The van der Waals surface area contributed by atoms with Crippen LogP contribution in [0.25, 0.3) is 0 Å². The SMILES string of the molecule is CCC(Sc1cccc(N)c1)C(=O)NC1=NN(c2ccccc2)C(=O)C1. The van der Waals surface area contributed by atoms with Gasteiger partial charge in [0.1, 0.15) is 5.84 Å². The average Bonchev–Trinajstić information content (AvgIpc) is 3.00. The van der Waals surface area contributed by atoms with Gasteiger partial charge in [0, 0.05) is 10.6 Å².